The number of hydrogen-bond acceptors (Lipinski definition) is 4. The van der Waals surface area contributed by atoms with E-state index in [-0.39, 0.29) is 12.3 Å². The Morgan fingerprint density at radius 2 is 1.76 bits per heavy atom. The molecule has 0 spiro atoms. The smallest absolute Gasteiger partial charge is 0.284 e. The van der Waals surface area contributed by atoms with Crippen molar-refractivity contribution in [1.29, 1.82) is 0 Å². The number of hydrogen-bond donors (Lipinski definition) is 2. The van der Waals surface area contributed by atoms with E-state index in [0.29, 0.717) is 11.7 Å². The molecule has 1 amide bonds. The normalized spacial score (nSPS) is 15.5. The molecule has 8 heteroatoms. The average Bonchev–Trinajstić information content (AvgIpc) is 3.10. The molecule has 2 aromatic rings. The zero-order valence-corrected chi connectivity index (χ0v) is 14.4. The minimum atomic E-state index is -0.596. The molecule has 2 heterocycles. The van der Waals surface area contributed by atoms with Gasteiger partial charge in [0, 0.05) is 36.9 Å². The molecule has 132 valence electrons. The molecule has 1 aliphatic heterocycles. The van der Waals surface area contributed by atoms with E-state index in [1.54, 1.807) is 6.07 Å². The van der Waals surface area contributed by atoms with E-state index in [1.807, 2.05) is 29.2 Å². The lowest BCUT2D eigenvalue weighted by atomic mass is 10.2. The summed E-state index contributed by atoms with van der Waals surface area (Å²) in [5.41, 5.74) is 12.4. The van der Waals surface area contributed by atoms with Crippen LogP contribution in [-0.2, 0) is 6.54 Å². The number of nitrogens with zero attached hydrogens (tertiary/aromatic N) is 3. The average molecular weight is 362 g/mol. The first-order valence-corrected chi connectivity index (χ1v) is 8.34. The largest absolute Gasteiger partial charge is 0.454 e. The van der Waals surface area contributed by atoms with Crippen LogP contribution in [0.1, 0.15) is 16.3 Å². The molecule has 3 rings (SSSR count). The first kappa shape index (κ1) is 17.2. The maximum absolute atomic E-state index is 11.0. The maximum Gasteiger partial charge on any atom is 0.284 e. The Bertz CT molecular complexity index is 764. The van der Waals surface area contributed by atoms with E-state index in [9.17, 15) is 4.79 Å². The van der Waals surface area contributed by atoms with Gasteiger partial charge in [0.2, 0.25) is 0 Å². The lowest BCUT2D eigenvalue weighted by Gasteiger charge is -2.36. The zero-order valence-electron chi connectivity index (χ0n) is 13.7. The number of aliphatic imine (C=N–C) groups is 1. The molecule has 0 bridgehead atoms. The number of nitrogens with two attached hydrogens (primary N) is 2. The zero-order chi connectivity index (χ0) is 17.8. The number of anilines is 1. The third kappa shape index (κ3) is 4.24. The van der Waals surface area contributed by atoms with Gasteiger partial charge in [0.1, 0.15) is 12.3 Å². The summed E-state index contributed by atoms with van der Waals surface area (Å²) >= 11 is 5.93. The predicted octanol–water partition coefficient (Wildman–Crippen LogP) is 1.67. The second-order valence-corrected chi connectivity index (χ2v) is 6.19. The van der Waals surface area contributed by atoms with Crippen molar-refractivity contribution < 1.29 is 9.21 Å². The molecule has 0 aliphatic carbocycles. The number of guanidine groups is 1. The first-order valence-electron chi connectivity index (χ1n) is 7.97. The van der Waals surface area contributed by atoms with Crippen LogP contribution >= 0.6 is 11.6 Å². The third-order valence-corrected chi connectivity index (χ3v) is 4.35. The third-order valence-electron chi connectivity index (χ3n) is 4.10. The molecular weight excluding hydrogens is 342 g/mol. The topological polar surface area (TPSA) is 101 Å². The van der Waals surface area contributed by atoms with Crippen molar-refractivity contribution in [3.05, 3.63) is 52.9 Å². The van der Waals surface area contributed by atoms with E-state index in [4.69, 9.17) is 27.5 Å². The van der Waals surface area contributed by atoms with Gasteiger partial charge >= 0.3 is 0 Å². The molecule has 0 radical (unpaired) electrons. The van der Waals surface area contributed by atoms with Crippen molar-refractivity contribution in [2.24, 2.45) is 16.5 Å². The summed E-state index contributed by atoms with van der Waals surface area (Å²) in [6, 6.07) is 11.0. The van der Waals surface area contributed by atoms with Crippen molar-refractivity contribution in [1.82, 2.24) is 4.90 Å². The van der Waals surface area contributed by atoms with Gasteiger partial charge in [-0.1, -0.05) is 11.6 Å². The second kappa shape index (κ2) is 7.48. The molecular formula is C17H20ClN5O2. The summed E-state index contributed by atoms with van der Waals surface area (Å²) in [5, 5.41) is 0.733. The molecule has 1 aromatic heterocycles. The van der Waals surface area contributed by atoms with Crippen LogP contribution in [0.3, 0.4) is 0 Å². The van der Waals surface area contributed by atoms with Gasteiger partial charge in [-0.15, -0.1) is 0 Å². The summed E-state index contributed by atoms with van der Waals surface area (Å²) in [6.07, 6.45) is 0. The second-order valence-electron chi connectivity index (χ2n) is 5.76. The fourth-order valence-electron chi connectivity index (χ4n) is 2.70. The van der Waals surface area contributed by atoms with Crippen molar-refractivity contribution in [2.45, 2.75) is 6.54 Å². The van der Waals surface area contributed by atoms with Crippen LogP contribution < -0.4 is 16.4 Å². The van der Waals surface area contributed by atoms with E-state index >= 15 is 0 Å². The SMILES string of the molecule is NC(=O)c1ccc(CN=C(N)N2CCN(c3ccc(Cl)cc3)CC2)o1. The predicted molar refractivity (Wildman–Crippen MR) is 97.8 cm³/mol. The monoisotopic (exact) mass is 361 g/mol. The Kier molecular flexibility index (Phi) is 5.14. The number of primary amides is 1. The van der Waals surface area contributed by atoms with Gasteiger partial charge in [0.15, 0.2) is 11.7 Å². The van der Waals surface area contributed by atoms with Crippen molar-refractivity contribution in [2.75, 3.05) is 31.1 Å². The lowest BCUT2D eigenvalue weighted by Crippen LogP contribution is -2.51. The van der Waals surface area contributed by atoms with Gasteiger partial charge in [-0.05, 0) is 36.4 Å². The highest BCUT2D eigenvalue weighted by atomic mass is 35.5. The van der Waals surface area contributed by atoms with Gasteiger partial charge in [-0.3, -0.25) is 4.79 Å². The van der Waals surface area contributed by atoms with Gasteiger partial charge in [-0.2, -0.15) is 0 Å². The minimum Gasteiger partial charge on any atom is -0.454 e. The van der Waals surface area contributed by atoms with Crippen molar-refractivity contribution >= 4 is 29.2 Å². The highest BCUT2D eigenvalue weighted by Crippen LogP contribution is 2.19. The number of benzene rings is 1. The molecule has 1 saturated heterocycles. The number of halogens is 1. The summed E-state index contributed by atoms with van der Waals surface area (Å²) < 4.78 is 5.29. The summed E-state index contributed by atoms with van der Waals surface area (Å²) in [6.45, 7) is 3.54. The Balaban J connectivity index is 1.54. The van der Waals surface area contributed by atoms with Crippen molar-refractivity contribution in [3.63, 3.8) is 0 Å². The lowest BCUT2D eigenvalue weighted by molar-refractivity contribution is 0.0972. The molecule has 0 saturated carbocycles. The van der Waals surface area contributed by atoms with E-state index in [1.165, 1.54) is 6.07 Å². The number of amides is 1. The highest BCUT2D eigenvalue weighted by molar-refractivity contribution is 6.30. The molecule has 25 heavy (non-hydrogen) atoms. The summed E-state index contributed by atoms with van der Waals surface area (Å²) in [7, 11) is 0. The molecule has 7 nitrogen and oxygen atoms in total. The van der Waals surface area contributed by atoms with Gasteiger partial charge in [0.25, 0.3) is 5.91 Å². The van der Waals surface area contributed by atoms with E-state index in [0.717, 1.165) is 36.9 Å². The van der Waals surface area contributed by atoms with Gasteiger partial charge < -0.3 is 25.7 Å². The Hall–Kier alpha value is -2.67. The molecule has 4 N–H and O–H groups in total. The van der Waals surface area contributed by atoms with E-state index in [2.05, 4.69) is 9.89 Å². The highest BCUT2D eigenvalue weighted by Gasteiger charge is 2.18. The fraction of sp³-hybridized carbons (Fsp3) is 0.294. The summed E-state index contributed by atoms with van der Waals surface area (Å²) in [4.78, 5) is 19.7. The van der Waals surface area contributed by atoms with E-state index < -0.39 is 5.91 Å². The first-order chi connectivity index (χ1) is 12.0. The van der Waals surface area contributed by atoms with Crippen LogP contribution in [0.15, 0.2) is 45.8 Å². The van der Waals surface area contributed by atoms with Crippen LogP contribution in [-0.4, -0.2) is 42.9 Å². The van der Waals surface area contributed by atoms with Gasteiger partial charge in [-0.25, -0.2) is 4.99 Å². The van der Waals surface area contributed by atoms with Crippen LogP contribution in [0, 0.1) is 0 Å². The Labute approximate surface area is 150 Å². The van der Waals surface area contributed by atoms with Crippen LogP contribution in [0.25, 0.3) is 0 Å². The van der Waals surface area contributed by atoms with Crippen molar-refractivity contribution in [3.8, 4) is 0 Å². The Morgan fingerprint density at radius 3 is 2.36 bits per heavy atom. The van der Waals surface area contributed by atoms with Crippen LogP contribution in [0.5, 0.6) is 0 Å². The molecule has 1 fully saturated rings. The quantitative estimate of drug-likeness (QED) is 0.637. The number of carbonyl (C=O) groups excluding carboxylic acids is 1. The van der Waals surface area contributed by atoms with Crippen LogP contribution in [0.2, 0.25) is 5.02 Å². The number of carbonyl (C=O) groups is 1. The maximum atomic E-state index is 11.0. The summed E-state index contributed by atoms with van der Waals surface area (Å²) in [5.74, 6) is 0.547. The number of piperazine rings is 1. The van der Waals surface area contributed by atoms with Gasteiger partial charge in [0.05, 0.1) is 0 Å². The molecule has 0 atom stereocenters. The van der Waals surface area contributed by atoms with Crippen LogP contribution in [0.4, 0.5) is 5.69 Å². The number of rotatable bonds is 4. The minimum absolute atomic E-state index is 0.125. The molecule has 1 aliphatic rings. The molecule has 1 aromatic carbocycles. The standard InChI is InChI=1S/C17H20ClN5O2/c18-12-1-3-13(4-2-12)22-7-9-23(10-8-22)17(20)21-11-14-5-6-15(25-14)16(19)24/h1-6H,7-11H2,(H2,19,24)(H2,20,21). The molecule has 0 unspecified atom stereocenters. The Morgan fingerprint density at radius 1 is 1.08 bits per heavy atom. The number of furan rings is 1. The fourth-order valence-corrected chi connectivity index (χ4v) is 2.83.